The Kier molecular flexibility index (Phi) is 11.3. The molecule has 0 saturated carbocycles. The van der Waals surface area contributed by atoms with E-state index in [4.69, 9.17) is 4.74 Å². The number of aliphatic hydroxyl groups is 1. The van der Waals surface area contributed by atoms with Crippen molar-refractivity contribution < 1.29 is 26.6 Å². The minimum Gasteiger partial charge on any atom is -0.370 e. The summed E-state index contributed by atoms with van der Waals surface area (Å²) in [4.78, 5) is 0. The van der Waals surface area contributed by atoms with Gasteiger partial charge in [-0.1, -0.05) is 84.5 Å². The van der Waals surface area contributed by atoms with Gasteiger partial charge in [-0.05, 0) is 19.3 Å². The van der Waals surface area contributed by atoms with E-state index in [0.29, 0.717) is 18.9 Å². The molecule has 0 radical (unpaired) electrons. The fourth-order valence-corrected chi connectivity index (χ4v) is 4.21. The molecular formula is C19H38O6S. The highest BCUT2D eigenvalue weighted by molar-refractivity contribution is 7.82. The fourth-order valence-electron chi connectivity index (χ4n) is 3.39. The quantitative estimate of drug-likeness (QED) is 0.383. The van der Waals surface area contributed by atoms with E-state index >= 15 is 0 Å². The van der Waals surface area contributed by atoms with Gasteiger partial charge in [-0.25, -0.2) is 0 Å². The third kappa shape index (κ3) is 9.13. The van der Waals surface area contributed by atoms with Crippen LogP contribution in [-0.2, 0) is 23.5 Å². The summed E-state index contributed by atoms with van der Waals surface area (Å²) in [6.45, 7) is 6.46. The van der Waals surface area contributed by atoms with Crippen molar-refractivity contribution >= 4 is 10.4 Å². The zero-order chi connectivity index (χ0) is 19.5. The van der Waals surface area contributed by atoms with Crippen LogP contribution >= 0.6 is 0 Å². The van der Waals surface area contributed by atoms with E-state index < -0.39 is 22.5 Å². The van der Waals surface area contributed by atoms with Gasteiger partial charge in [-0.15, -0.1) is 0 Å². The lowest BCUT2D eigenvalue weighted by Crippen LogP contribution is -2.59. The van der Waals surface area contributed by atoms with Crippen molar-refractivity contribution in [2.45, 2.75) is 110 Å². The van der Waals surface area contributed by atoms with Gasteiger partial charge in [0.25, 0.3) is 0 Å². The zero-order valence-corrected chi connectivity index (χ0v) is 17.6. The maximum absolute atomic E-state index is 11.0. The summed E-state index contributed by atoms with van der Waals surface area (Å²) in [6, 6.07) is 0. The molecular weight excluding hydrogens is 356 g/mol. The maximum Gasteiger partial charge on any atom is 0.409 e. The number of rotatable bonds is 16. The molecule has 0 aromatic carbocycles. The first-order chi connectivity index (χ1) is 12.3. The molecule has 1 aliphatic rings. The van der Waals surface area contributed by atoms with E-state index in [-0.39, 0.29) is 0 Å². The van der Waals surface area contributed by atoms with Gasteiger partial charge in [0.2, 0.25) is 0 Å². The molecule has 0 aromatic rings. The molecule has 1 rings (SSSR count). The van der Waals surface area contributed by atoms with E-state index in [0.717, 1.165) is 12.8 Å². The highest BCUT2D eigenvalue weighted by atomic mass is 32.3. The summed E-state index contributed by atoms with van der Waals surface area (Å²) in [6.07, 6.45) is 13.7. The first-order valence-electron chi connectivity index (χ1n) is 10.3. The second kappa shape index (κ2) is 12.3. The van der Waals surface area contributed by atoms with Crippen LogP contribution in [-0.4, -0.2) is 32.2 Å². The second-order valence-electron chi connectivity index (χ2n) is 7.46. The van der Waals surface area contributed by atoms with E-state index in [2.05, 4.69) is 22.2 Å². The van der Waals surface area contributed by atoms with Crippen LogP contribution in [0.1, 0.15) is 97.8 Å². The van der Waals surface area contributed by atoms with Gasteiger partial charge in [0.05, 0.1) is 0 Å². The third-order valence-corrected chi connectivity index (χ3v) is 5.77. The Morgan fingerprint density at radius 1 is 0.923 bits per heavy atom. The van der Waals surface area contributed by atoms with Crippen LogP contribution in [0.4, 0.5) is 0 Å². The largest absolute Gasteiger partial charge is 0.409 e. The van der Waals surface area contributed by atoms with Gasteiger partial charge in [0.15, 0.2) is 0 Å². The van der Waals surface area contributed by atoms with Gasteiger partial charge in [0, 0.05) is 6.61 Å². The van der Waals surface area contributed by atoms with Gasteiger partial charge in [0.1, 0.15) is 6.10 Å². The standard InChI is InChI=1S/C19H38O6S/c1-4-6-7-8-9-10-11-12-13-14-15-17(3)16-18(23-5-2)19(20)24-26(21,22)25-19/h17-18,20H,4-16H2,1-3H3. The van der Waals surface area contributed by atoms with E-state index in [9.17, 15) is 13.5 Å². The molecule has 1 aliphatic heterocycles. The van der Waals surface area contributed by atoms with Gasteiger partial charge in [-0.2, -0.15) is 16.8 Å². The number of unbranched alkanes of at least 4 members (excludes halogenated alkanes) is 9. The van der Waals surface area contributed by atoms with Gasteiger partial charge in [-0.3, -0.25) is 0 Å². The first-order valence-corrected chi connectivity index (χ1v) is 11.7. The summed E-state index contributed by atoms with van der Waals surface area (Å²) in [5, 5.41) is 10.1. The van der Waals surface area contributed by atoms with Gasteiger partial charge >= 0.3 is 16.4 Å². The number of hydrogen-bond acceptors (Lipinski definition) is 6. The molecule has 1 saturated heterocycles. The Bertz CT molecular complexity index is 453. The van der Waals surface area contributed by atoms with Crippen molar-refractivity contribution in [3.63, 3.8) is 0 Å². The highest BCUT2D eigenvalue weighted by Gasteiger charge is 2.57. The van der Waals surface area contributed by atoms with Crippen molar-refractivity contribution in [1.82, 2.24) is 0 Å². The predicted octanol–water partition coefficient (Wildman–Crippen LogP) is 4.67. The van der Waals surface area contributed by atoms with Crippen molar-refractivity contribution in [2.75, 3.05) is 6.61 Å². The Morgan fingerprint density at radius 3 is 1.88 bits per heavy atom. The Hall–Kier alpha value is -0.210. The first kappa shape index (κ1) is 23.8. The molecule has 6 nitrogen and oxygen atoms in total. The van der Waals surface area contributed by atoms with Crippen LogP contribution in [0.15, 0.2) is 0 Å². The normalized spacial score (nSPS) is 20.5. The summed E-state index contributed by atoms with van der Waals surface area (Å²) in [5.74, 6) is -1.87. The van der Waals surface area contributed by atoms with Crippen molar-refractivity contribution in [2.24, 2.45) is 5.92 Å². The lowest BCUT2D eigenvalue weighted by Gasteiger charge is -2.39. The fraction of sp³-hybridized carbons (Fsp3) is 1.00. The molecule has 156 valence electrons. The molecule has 7 heteroatoms. The summed E-state index contributed by atoms with van der Waals surface area (Å²) in [5.41, 5.74) is 0. The number of ether oxygens (including phenoxy) is 1. The SMILES string of the molecule is CCCCCCCCCCCCC(C)CC(OCC)C1(O)OS(=O)(=O)O1. The molecule has 1 N–H and O–H groups in total. The monoisotopic (exact) mass is 394 g/mol. The van der Waals surface area contributed by atoms with E-state index in [1.165, 1.54) is 57.8 Å². The second-order valence-corrected chi connectivity index (χ2v) is 8.61. The van der Waals surface area contributed by atoms with Crippen LogP contribution in [0.3, 0.4) is 0 Å². The molecule has 0 aromatic heterocycles. The molecule has 2 unspecified atom stereocenters. The van der Waals surface area contributed by atoms with Crippen molar-refractivity contribution in [3.05, 3.63) is 0 Å². The van der Waals surface area contributed by atoms with Crippen molar-refractivity contribution in [3.8, 4) is 0 Å². The molecule has 1 heterocycles. The molecule has 0 aliphatic carbocycles. The third-order valence-electron chi connectivity index (χ3n) is 4.88. The van der Waals surface area contributed by atoms with Crippen LogP contribution in [0.25, 0.3) is 0 Å². The Balaban J connectivity index is 2.11. The minimum absolute atomic E-state index is 0.292. The molecule has 0 spiro atoms. The summed E-state index contributed by atoms with van der Waals surface area (Å²) in [7, 11) is -4.06. The van der Waals surface area contributed by atoms with E-state index in [1.54, 1.807) is 6.92 Å². The van der Waals surface area contributed by atoms with Crippen LogP contribution in [0, 0.1) is 5.92 Å². The highest BCUT2D eigenvalue weighted by Crippen LogP contribution is 2.36. The average molecular weight is 395 g/mol. The lowest BCUT2D eigenvalue weighted by molar-refractivity contribution is -0.374. The predicted molar refractivity (Wildman–Crippen MR) is 102 cm³/mol. The molecule has 2 atom stereocenters. The summed E-state index contributed by atoms with van der Waals surface area (Å²) < 4.78 is 36.5. The maximum atomic E-state index is 11.0. The lowest BCUT2D eigenvalue weighted by atomic mass is 9.95. The molecule has 0 amide bonds. The Labute approximate surface area is 159 Å². The van der Waals surface area contributed by atoms with E-state index in [1.807, 2.05) is 0 Å². The van der Waals surface area contributed by atoms with Gasteiger partial charge < -0.3 is 9.84 Å². The summed E-state index contributed by atoms with van der Waals surface area (Å²) >= 11 is 0. The van der Waals surface area contributed by atoms with Crippen molar-refractivity contribution in [1.29, 1.82) is 0 Å². The molecule has 1 fully saturated rings. The van der Waals surface area contributed by atoms with Crippen LogP contribution < -0.4 is 0 Å². The van der Waals surface area contributed by atoms with Crippen LogP contribution in [0.2, 0.25) is 0 Å². The number of hydrogen-bond donors (Lipinski definition) is 1. The smallest absolute Gasteiger partial charge is 0.370 e. The van der Waals surface area contributed by atoms with Crippen LogP contribution in [0.5, 0.6) is 0 Å². The Morgan fingerprint density at radius 2 is 1.42 bits per heavy atom. The minimum atomic E-state index is -4.06. The molecule has 0 bridgehead atoms. The topological polar surface area (TPSA) is 82.1 Å². The molecule has 26 heavy (non-hydrogen) atoms. The zero-order valence-electron chi connectivity index (χ0n) is 16.7. The average Bonchev–Trinajstić information content (AvgIpc) is 2.54.